The van der Waals surface area contributed by atoms with Gasteiger partial charge in [0.05, 0.1) is 25.1 Å². The lowest BCUT2D eigenvalue weighted by Crippen LogP contribution is -2.15. The number of aliphatic hydroxyl groups excluding tert-OH is 1. The SMILES string of the molecule is CCC(c1cncc(OC)n1)C(C)O. The normalized spacial score (nSPS) is 14.9. The molecule has 1 rings (SSSR count). The molecule has 78 valence electrons. The molecule has 1 N–H and O–H groups in total. The van der Waals surface area contributed by atoms with Crippen molar-refractivity contribution < 1.29 is 9.84 Å². The minimum absolute atomic E-state index is 0.0256. The number of ether oxygens (including phenoxy) is 1. The van der Waals surface area contributed by atoms with Crippen LogP contribution >= 0.6 is 0 Å². The Morgan fingerprint density at radius 1 is 1.50 bits per heavy atom. The predicted octanol–water partition coefficient (Wildman–Crippen LogP) is 1.36. The summed E-state index contributed by atoms with van der Waals surface area (Å²) in [5, 5.41) is 9.52. The van der Waals surface area contributed by atoms with Gasteiger partial charge in [0.15, 0.2) is 0 Å². The Morgan fingerprint density at radius 3 is 2.71 bits per heavy atom. The fourth-order valence-electron chi connectivity index (χ4n) is 1.44. The van der Waals surface area contributed by atoms with Gasteiger partial charge in [-0.15, -0.1) is 0 Å². The van der Waals surface area contributed by atoms with Gasteiger partial charge in [0.25, 0.3) is 0 Å². The van der Waals surface area contributed by atoms with Crippen molar-refractivity contribution in [2.45, 2.75) is 32.3 Å². The number of hydrogen-bond donors (Lipinski definition) is 1. The molecule has 14 heavy (non-hydrogen) atoms. The van der Waals surface area contributed by atoms with Crippen LogP contribution in [0.2, 0.25) is 0 Å². The highest BCUT2D eigenvalue weighted by Gasteiger charge is 2.17. The molecule has 0 bridgehead atoms. The molecule has 0 aliphatic rings. The third kappa shape index (κ3) is 2.42. The van der Waals surface area contributed by atoms with Gasteiger partial charge in [-0.25, -0.2) is 4.98 Å². The van der Waals surface area contributed by atoms with Crippen LogP contribution in [-0.4, -0.2) is 28.3 Å². The average Bonchev–Trinajstić information content (AvgIpc) is 2.19. The molecule has 2 unspecified atom stereocenters. The summed E-state index contributed by atoms with van der Waals surface area (Å²) in [6.07, 6.45) is 3.64. The summed E-state index contributed by atoms with van der Waals surface area (Å²) in [6, 6.07) is 0. The van der Waals surface area contributed by atoms with Crippen molar-refractivity contribution in [2.75, 3.05) is 7.11 Å². The molecule has 0 radical (unpaired) electrons. The largest absolute Gasteiger partial charge is 0.480 e. The average molecular weight is 196 g/mol. The molecule has 0 spiro atoms. The van der Waals surface area contributed by atoms with E-state index in [2.05, 4.69) is 9.97 Å². The fourth-order valence-corrected chi connectivity index (χ4v) is 1.44. The van der Waals surface area contributed by atoms with Gasteiger partial charge >= 0.3 is 0 Å². The zero-order chi connectivity index (χ0) is 10.6. The number of rotatable bonds is 4. The van der Waals surface area contributed by atoms with E-state index in [9.17, 15) is 5.11 Å². The lowest BCUT2D eigenvalue weighted by molar-refractivity contribution is 0.157. The molecule has 0 amide bonds. The second-order valence-corrected chi connectivity index (χ2v) is 3.24. The Labute approximate surface area is 84.0 Å². The van der Waals surface area contributed by atoms with E-state index in [-0.39, 0.29) is 5.92 Å². The highest BCUT2D eigenvalue weighted by atomic mass is 16.5. The van der Waals surface area contributed by atoms with Gasteiger partial charge in [0.1, 0.15) is 0 Å². The van der Waals surface area contributed by atoms with Crippen molar-refractivity contribution in [1.29, 1.82) is 0 Å². The number of aliphatic hydroxyl groups is 1. The van der Waals surface area contributed by atoms with E-state index in [1.165, 1.54) is 0 Å². The minimum Gasteiger partial charge on any atom is -0.480 e. The van der Waals surface area contributed by atoms with Crippen LogP contribution in [0.25, 0.3) is 0 Å². The Kier molecular flexibility index (Phi) is 3.83. The molecule has 0 fully saturated rings. The summed E-state index contributed by atoms with van der Waals surface area (Å²) in [4.78, 5) is 8.25. The summed E-state index contributed by atoms with van der Waals surface area (Å²) in [5.41, 5.74) is 0.779. The fraction of sp³-hybridized carbons (Fsp3) is 0.600. The highest BCUT2D eigenvalue weighted by molar-refractivity contribution is 5.12. The van der Waals surface area contributed by atoms with E-state index in [1.54, 1.807) is 26.4 Å². The molecule has 0 aliphatic carbocycles. The van der Waals surface area contributed by atoms with Gasteiger partial charge in [-0.1, -0.05) is 6.92 Å². The highest BCUT2D eigenvalue weighted by Crippen LogP contribution is 2.22. The quantitative estimate of drug-likeness (QED) is 0.790. The molecular formula is C10H16N2O2. The first kappa shape index (κ1) is 10.9. The third-order valence-electron chi connectivity index (χ3n) is 2.24. The lowest BCUT2D eigenvalue weighted by Gasteiger charge is -2.17. The summed E-state index contributed by atoms with van der Waals surface area (Å²) in [6.45, 7) is 3.77. The van der Waals surface area contributed by atoms with Crippen molar-refractivity contribution in [3.8, 4) is 5.88 Å². The van der Waals surface area contributed by atoms with Crippen LogP contribution < -0.4 is 4.74 Å². The van der Waals surface area contributed by atoms with Crippen LogP contribution in [0.15, 0.2) is 12.4 Å². The molecule has 1 aromatic rings. The molecular weight excluding hydrogens is 180 g/mol. The second-order valence-electron chi connectivity index (χ2n) is 3.24. The Hall–Kier alpha value is -1.16. The molecule has 1 aromatic heterocycles. The van der Waals surface area contributed by atoms with E-state index in [1.807, 2.05) is 6.92 Å². The first-order valence-electron chi connectivity index (χ1n) is 4.73. The Balaban J connectivity index is 2.92. The van der Waals surface area contributed by atoms with Gasteiger partial charge in [-0.2, -0.15) is 0 Å². The van der Waals surface area contributed by atoms with Gasteiger partial charge in [0.2, 0.25) is 5.88 Å². The number of methoxy groups -OCH3 is 1. The van der Waals surface area contributed by atoms with Crippen molar-refractivity contribution in [3.05, 3.63) is 18.1 Å². The third-order valence-corrected chi connectivity index (χ3v) is 2.24. The maximum absolute atomic E-state index is 9.52. The monoisotopic (exact) mass is 196 g/mol. The molecule has 4 nitrogen and oxygen atoms in total. The topological polar surface area (TPSA) is 55.2 Å². The smallest absolute Gasteiger partial charge is 0.232 e. The molecule has 0 aromatic carbocycles. The van der Waals surface area contributed by atoms with Crippen LogP contribution in [0.3, 0.4) is 0 Å². The van der Waals surface area contributed by atoms with Crippen LogP contribution in [-0.2, 0) is 0 Å². The van der Waals surface area contributed by atoms with E-state index in [0.717, 1.165) is 12.1 Å². The van der Waals surface area contributed by atoms with Gasteiger partial charge < -0.3 is 9.84 Å². The van der Waals surface area contributed by atoms with Crippen LogP contribution in [0.1, 0.15) is 31.9 Å². The molecule has 4 heteroatoms. The maximum Gasteiger partial charge on any atom is 0.232 e. The molecule has 0 saturated heterocycles. The summed E-state index contributed by atoms with van der Waals surface area (Å²) in [7, 11) is 1.55. The summed E-state index contributed by atoms with van der Waals surface area (Å²) >= 11 is 0. The molecule has 2 atom stereocenters. The van der Waals surface area contributed by atoms with E-state index in [0.29, 0.717) is 5.88 Å². The minimum atomic E-state index is -0.415. The van der Waals surface area contributed by atoms with Crippen molar-refractivity contribution >= 4 is 0 Å². The summed E-state index contributed by atoms with van der Waals surface area (Å²) in [5.74, 6) is 0.513. The zero-order valence-corrected chi connectivity index (χ0v) is 8.77. The Morgan fingerprint density at radius 2 is 2.21 bits per heavy atom. The molecule has 0 saturated carbocycles. The lowest BCUT2D eigenvalue weighted by atomic mass is 9.97. The maximum atomic E-state index is 9.52. The zero-order valence-electron chi connectivity index (χ0n) is 8.77. The first-order chi connectivity index (χ1) is 6.69. The second kappa shape index (κ2) is 4.91. The Bertz CT molecular complexity index is 289. The molecule has 1 heterocycles. The van der Waals surface area contributed by atoms with Crippen LogP contribution in [0, 0.1) is 0 Å². The van der Waals surface area contributed by atoms with Gasteiger partial charge in [0, 0.05) is 12.1 Å². The van der Waals surface area contributed by atoms with Crippen molar-refractivity contribution in [1.82, 2.24) is 9.97 Å². The van der Waals surface area contributed by atoms with Crippen LogP contribution in [0.4, 0.5) is 0 Å². The molecule has 0 aliphatic heterocycles. The number of aromatic nitrogens is 2. The standard InChI is InChI=1S/C10H16N2O2/c1-4-8(7(2)13)9-5-11-6-10(12-9)14-3/h5-8,13H,4H2,1-3H3. The first-order valence-corrected chi connectivity index (χ1v) is 4.73. The predicted molar refractivity (Wildman–Crippen MR) is 53.3 cm³/mol. The van der Waals surface area contributed by atoms with E-state index in [4.69, 9.17) is 4.74 Å². The van der Waals surface area contributed by atoms with Gasteiger partial charge in [-0.3, -0.25) is 4.98 Å². The van der Waals surface area contributed by atoms with E-state index < -0.39 is 6.10 Å². The number of nitrogens with zero attached hydrogens (tertiary/aromatic N) is 2. The summed E-state index contributed by atoms with van der Waals surface area (Å²) < 4.78 is 4.97. The van der Waals surface area contributed by atoms with E-state index >= 15 is 0 Å². The number of hydrogen-bond acceptors (Lipinski definition) is 4. The van der Waals surface area contributed by atoms with Crippen molar-refractivity contribution in [3.63, 3.8) is 0 Å². The van der Waals surface area contributed by atoms with Crippen molar-refractivity contribution in [2.24, 2.45) is 0 Å². The van der Waals surface area contributed by atoms with Crippen LogP contribution in [0.5, 0.6) is 5.88 Å². The van der Waals surface area contributed by atoms with Gasteiger partial charge in [-0.05, 0) is 13.3 Å².